The number of alkyl halides is 3. The number of carbonyl (C=O) groups is 1. The summed E-state index contributed by atoms with van der Waals surface area (Å²) in [5, 5.41) is 2.67. The Labute approximate surface area is 207 Å². The molecule has 0 unspecified atom stereocenters. The second-order valence-electron chi connectivity index (χ2n) is 8.10. The molecule has 0 aliphatic heterocycles. The van der Waals surface area contributed by atoms with Gasteiger partial charge in [0.1, 0.15) is 11.9 Å². The third-order valence-corrected chi connectivity index (χ3v) is 5.84. The SMILES string of the molecule is CNC(=O)[C@H](c1ccc(F)cc1)N(CCCc1ccc(C(F)(F)F)cc1)c1ccc(OC)c(OC)c1. The van der Waals surface area contributed by atoms with E-state index in [9.17, 15) is 22.4 Å². The number of hydrogen-bond acceptors (Lipinski definition) is 4. The summed E-state index contributed by atoms with van der Waals surface area (Å²) >= 11 is 0. The summed E-state index contributed by atoms with van der Waals surface area (Å²) < 4.78 is 63.0. The van der Waals surface area contributed by atoms with Gasteiger partial charge in [-0.1, -0.05) is 24.3 Å². The van der Waals surface area contributed by atoms with Gasteiger partial charge in [0.25, 0.3) is 0 Å². The van der Waals surface area contributed by atoms with E-state index in [2.05, 4.69) is 5.32 Å². The molecule has 0 saturated carbocycles. The van der Waals surface area contributed by atoms with Crippen molar-refractivity contribution in [3.63, 3.8) is 0 Å². The average Bonchev–Trinajstić information content (AvgIpc) is 2.88. The number of amides is 1. The summed E-state index contributed by atoms with van der Waals surface area (Å²) in [5.74, 6) is 0.266. The Morgan fingerprint density at radius 1 is 0.944 bits per heavy atom. The normalized spacial score (nSPS) is 12.1. The summed E-state index contributed by atoms with van der Waals surface area (Å²) in [6, 6.07) is 15.2. The Kier molecular flexibility index (Phi) is 8.79. The van der Waals surface area contributed by atoms with Crippen LogP contribution in [0.4, 0.5) is 23.2 Å². The number of carbonyl (C=O) groups excluding carboxylic acids is 1. The summed E-state index contributed by atoms with van der Waals surface area (Å²) in [7, 11) is 4.55. The maximum absolute atomic E-state index is 13.6. The first kappa shape index (κ1) is 26.8. The van der Waals surface area contributed by atoms with Gasteiger partial charge in [-0.15, -0.1) is 0 Å². The van der Waals surface area contributed by atoms with Crippen LogP contribution in [-0.4, -0.2) is 33.7 Å². The van der Waals surface area contributed by atoms with Crippen LogP contribution in [0.5, 0.6) is 11.5 Å². The number of aryl methyl sites for hydroxylation is 1. The quantitative estimate of drug-likeness (QED) is 0.355. The maximum Gasteiger partial charge on any atom is 0.416 e. The Morgan fingerprint density at radius 2 is 1.58 bits per heavy atom. The van der Waals surface area contributed by atoms with Gasteiger partial charge in [-0.3, -0.25) is 4.79 Å². The topological polar surface area (TPSA) is 50.8 Å². The van der Waals surface area contributed by atoms with Crippen LogP contribution in [0.3, 0.4) is 0 Å². The van der Waals surface area contributed by atoms with Crippen LogP contribution in [0.25, 0.3) is 0 Å². The van der Waals surface area contributed by atoms with Crippen molar-refractivity contribution in [2.75, 3.05) is 32.7 Å². The molecular weight excluding hydrogens is 476 g/mol. The number of ether oxygens (including phenoxy) is 2. The molecule has 0 fully saturated rings. The molecule has 36 heavy (non-hydrogen) atoms. The van der Waals surface area contributed by atoms with E-state index in [1.165, 1.54) is 45.5 Å². The van der Waals surface area contributed by atoms with Crippen molar-refractivity contribution in [1.29, 1.82) is 0 Å². The smallest absolute Gasteiger partial charge is 0.416 e. The van der Waals surface area contributed by atoms with Crippen LogP contribution in [-0.2, 0) is 17.4 Å². The van der Waals surface area contributed by atoms with Crippen LogP contribution in [0.1, 0.15) is 29.2 Å². The van der Waals surface area contributed by atoms with Crippen molar-refractivity contribution in [3.05, 3.63) is 89.2 Å². The molecule has 0 bridgehead atoms. The maximum atomic E-state index is 13.6. The zero-order valence-electron chi connectivity index (χ0n) is 20.2. The second-order valence-corrected chi connectivity index (χ2v) is 8.10. The lowest BCUT2D eigenvalue weighted by atomic mass is 10.0. The van der Waals surface area contributed by atoms with E-state index in [1.807, 2.05) is 4.90 Å². The highest BCUT2D eigenvalue weighted by atomic mass is 19.4. The summed E-state index contributed by atoms with van der Waals surface area (Å²) in [6.45, 7) is 0.381. The Morgan fingerprint density at radius 3 is 2.14 bits per heavy atom. The average molecular weight is 505 g/mol. The molecule has 3 rings (SSSR count). The zero-order valence-corrected chi connectivity index (χ0v) is 20.2. The number of nitrogens with one attached hydrogen (secondary N) is 1. The molecule has 0 heterocycles. The molecule has 1 atom stereocenters. The lowest BCUT2D eigenvalue weighted by Crippen LogP contribution is -2.40. The minimum absolute atomic E-state index is 0.300. The van der Waals surface area contributed by atoms with E-state index in [1.54, 1.807) is 30.3 Å². The predicted octanol–water partition coefficient (Wildman–Crippen LogP) is 5.79. The molecule has 192 valence electrons. The molecule has 0 aromatic heterocycles. The van der Waals surface area contributed by atoms with Crippen molar-refractivity contribution >= 4 is 11.6 Å². The fraction of sp³-hybridized carbons (Fsp3) is 0.296. The Balaban J connectivity index is 1.93. The van der Waals surface area contributed by atoms with Gasteiger partial charge in [0.05, 0.1) is 19.8 Å². The van der Waals surface area contributed by atoms with Gasteiger partial charge in [-0.2, -0.15) is 13.2 Å². The minimum atomic E-state index is -4.39. The van der Waals surface area contributed by atoms with Crippen LogP contribution in [0.2, 0.25) is 0 Å². The molecule has 5 nitrogen and oxygen atoms in total. The Bertz CT molecular complexity index is 1150. The van der Waals surface area contributed by atoms with E-state index in [0.29, 0.717) is 42.1 Å². The molecule has 1 N–H and O–H groups in total. The van der Waals surface area contributed by atoms with Crippen LogP contribution in [0.15, 0.2) is 66.7 Å². The standard InChI is InChI=1S/C27H28F4N2O3/c1-32-26(34)25(19-8-12-21(28)13-9-19)33(22-14-15-23(35-2)24(17-22)36-3)16-4-5-18-6-10-20(11-7-18)27(29,30)31/h6-15,17,25H,4-5,16H2,1-3H3,(H,32,34)/t25-/m0/s1. The second kappa shape index (κ2) is 11.8. The highest BCUT2D eigenvalue weighted by molar-refractivity contribution is 5.86. The van der Waals surface area contributed by atoms with Crippen LogP contribution >= 0.6 is 0 Å². The molecule has 0 radical (unpaired) electrons. The van der Waals surface area contributed by atoms with Crippen molar-refractivity contribution in [3.8, 4) is 11.5 Å². The van der Waals surface area contributed by atoms with E-state index in [-0.39, 0.29) is 5.91 Å². The van der Waals surface area contributed by atoms with Crippen LogP contribution < -0.4 is 19.7 Å². The number of methoxy groups -OCH3 is 2. The fourth-order valence-electron chi connectivity index (χ4n) is 3.98. The first-order chi connectivity index (χ1) is 17.2. The van der Waals surface area contributed by atoms with Gasteiger partial charge in [-0.05, 0) is 60.4 Å². The van der Waals surface area contributed by atoms with Gasteiger partial charge in [0.15, 0.2) is 11.5 Å². The van der Waals surface area contributed by atoms with Crippen molar-refractivity contribution in [1.82, 2.24) is 5.32 Å². The van der Waals surface area contributed by atoms with Crippen LogP contribution in [0, 0.1) is 5.82 Å². The summed E-state index contributed by atoms with van der Waals surface area (Å²) in [4.78, 5) is 14.9. The van der Waals surface area contributed by atoms with Gasteiger partial charge in [0, 0.05) is 25.3 Å². The first-order valence-electron chi connectivity index (χ1n) is 11.3. The van der Waals surface area contributed by atoms with Crippen molar-refractivity contribution < 1.29 is 31.8 Å². The predicted molar refractivity (Wildman–Crippen MR) is 130 cm³/mol. The number of likely N-dealkylation sites (N-methyl/N-ethyl adjacent to an activating group) is 1. The number of halogens is 4. The summed E-state index contributed by atoms with van der Waals surface area (Å²) in [6.07, 6.45) is -3.36. The molecule has 3 aromatic carbocycles. The molecule has 0 aliphatic carbocycles. The number of benzene rings is 3. The molecule has 9 heteroatoms. The zero-order chi connectivity index (χ0) is 26.3. The van der Waals surface area contributed by atoms with E-state index < -0.39 is 23.6 Å². The van der Waals surface area contributed by atoms with E-state index in [0.717, 1.165) is 17.7 Å². The minimum Gasteiger partial charge on any atom is -0.493 e. The lowest BCUT2D eigenvalue weighted by molar-refractivity contribution is -0.137. The first-order valence-corrected chi connectivity index (χ1v) is 11.3. The van der Waals surface area contributed by atoms with E-state index in [4.69, 9.17) is 9.47 Å². The highest BCUT2D eigenvalue weighted by Crippen LogP contribution is 2.36. The molecular formula is C27H28F4N2O3. The number of anilines is 1. The van der Waals surface area contributed by atoms with Gasteiger partial charge in [-0.25, -0.2) is 4.39 Å². The fourth-order valence-corrected chi connectivity index (χ4v) is 3.98. The Hall–Kier alpha value is -3.75. The monoisotopic (exact) mass is 504 g/mol. The van der Waals surface area contributed by atoms with E-state index >= 15 is 0 Å². The third kappa shape index (κ3) is 6.47. The summed E-state index contributed by atoms with van der Waals surface area (Å²) in [5.41, 5.74) is 1.29. The van der Waals surface area contributed by atoms with Crippen molar-refractivity contribution in [2.24, 2.45) is 0 Å². The molecule has 1 amide bonds. The largest absolute Gasteiger partial charge is 0.493 e. The molecule has 0 saturated heterocycles. The highest BCUT2D eigenvalue weighted by Gasteiger charge is 2.30. The number of rotatable bonds is 10. The number of hydrogen-bond donors (Lipinski definition) is 1. The molecule has 0 aliphatic rings. The van der Waals surface area contributed by atoms with Gasteiger partial charge >= 0.3 is 6.18 Å². The van der Waals surface area contributed by atoms with Crippen molar-refractivity contribution in [2.45, 2.75) is 25.1 Å². The molecule has 0 spiro atoms. The van der Waals surface area contributed by atoms with Gasteiger partial charge < -0.3 is 19.7 Å². The third-order valence-electron chi connectivity index (χ3n) is 5.84. The lowest BCUT2D eigenvalue weighted by Gasteiger charge is -2.33. The molecule has 3 aromatic rings. The van der Waals surface area contributed by atoms with Gasteiger partial charge in [0.2, 0.25) is 5.91 Å². The number of nitrogens with zero attached hydrogens (tertiary/aromatic N) is 1.